The van der Waals surface area contributed by atoms with Gasteiger partial charge in [0.05, 0.1) is 37.6 Å². The van der Waals surface area contributed by atoms with E-state index in [1.54, 1.807) is 7.11 Å². The number of methoxy groups -OCH3 is 1. The standard InChI is InChI=1S/C25H27N3O5/c1-30-19-4-5-21-20(11-19)17(8-9-26-21)3-7-25-32-13-18(14-33-25)27-12-16-2-6-23-22(10-16)28-24(29)15-31-23/h2,4-6,8-11,18,25,27H,3,7,12-15H2,1H3,(H,28,29). The zero-order valence-corrected chi connectivity index (χ0v) is 18.5. The fraction of sp³-hybridized carbons (Fsp3) is 0.360. The molecule has 1 amide bonds. The fourth-order valence-electron chi connectivity index (χ4n) is 4.13. The molecule has 0 spiro atoms. The summed E-state index contributed by atoms with van der Waals surface area (Å²) in [5.41, 5.74) is 3.93. The Balaban J connectivity index is 1.11. The first-order valence-corrected chi connectivity index (χ1v) is 11.1. The number of hydrogen-bond donors (Lipinski definition) is 2. The first kappa shape index (κ1) is 21.6. The summed E-state index contributed by atoms with van der Waals surface area (Å²) >= 11 is 0. The molecule has 0 radical (unpaired) electrons. The number of nitrogens with one attached hydrogen (secondary N) is 2. The molecule has 2 aliphatic heterocycles. The molecule has 0 bridgehead atoms. The molecule has 8 heteroatoms. The minimum absolute atomic E-state index is 0.0636. The van der Waals surface area contributed by atoms with Crippen molar-refractivity contribution >= 4 is 22.5 Å². The zero-order valence-electron chi connectivity index (χ0n) is 18.5. The Morgan fingerprint density at radius 3 is 2.88 bits per heavy atom. The van der Waals surface area contributed by atoms with Crippen molar-refractivity contribution in [3.8, 4) is 11.5 Å². The molecule has 1 saturated heterocycles. The van der Waals surface area contributed by atoms with Crippen LogP contribution in [0.1, 0.15) is 17.5 Å². The predicted octanol–water partition coefficient (Wildman–Crippen LogP) is 3.04. The van der Waals surface area contributed by atoms with Crippen molar-refractivity contribution in [3.05, 3.63) is 59.8 Å². The number of carbonyl (C=O) groups excluding carboxylic acids is 1. The summed E-state index contributed by atoms with van der Waals surface area (Å²) in [6.45, 7) is 1.88. The number of carbonyl (C=O) groups is 1. The second-order valence-corrected chi connectivity index (χ2v) is 8.23. The molecule has 3 aromatic rings. The van der Waals surface area contributed by atoms with Crippen LogP contribution in [0.25, 0.3) is 10.9 Å². The fourth-order valence-corrected chi connectivity index (χ4v) is 4.13. The maximum absolute atomic E-state index is 11.5. The van der Waals surface area contributed by atoms with Gasteiger partial charge in [0, 0.05) is 24.5 Å². The van der Waals surface area contributed by atoms with E-state index in [0.717, 1.165) is 35.1 Å². The van der Waals surface area contributed by atoms with Crippen LogP contribution in [0.3, 0.4) is 0 Å². The first-order valence-electron chi connectivity index (χ1n) is 11.1. The molecule has 3 heterocycles. The number of ether oxygens (including phenoxy) is 4. The van der Waals surface area contributed by atoms with Gasteiger partial charge in [-0.05, 0) is 53.9 Å². The Morgan fingerprint density at radius 1 is 1.15 bits per heavy atom. The van der Waals surface area contributed by atoms with Gasteiger partial charge in [0.15, 0.2) is 12.9 Å². The van der Waals surface area contributed by atoms with Gasteiger partial charge in [0.1, 0.15) is 11.5 Å². The van der Waals surface area contributed by atoms with Gasteiger partial charge >= 0.3 is 0 Å². The summed E-state index contributed by atoms with van der Waals surface area (Å²) in [5, 5.41) is 7.39. The highest BCUT2D eigenvalue weighted by molar-refractivity contribution is 5.95. The van der Waals surface area contributed by atoms with Gasteiger partial charge < -0.3 is 29.6 Å². The average molecular weight is 450 g/mol. The Bertz CT molecular complexity index is 1140. The molecule has 5 rings (SSSR count). The highest BCUT2D eigenvalue weighted by atomic mass is 16.7. The number of aromatic nitrogens is 1. The Morgan fingerprint density at radius 2 is 2.03 bits per heavy atom. The van der Waals surface area contributed by atoms with Crippen LogP contribution in [-0.2, 0) is 27.2 Å². The summed E-state index contributed by atoms with van der Waals surface area (Å²) in [5.74, 6) is 1.39. The lowest BCUT2D eigenvalue weighted by Gasteiger charge is -2.30. The van der Waals surface area contributed by atoms with Crippen LogP contribution < -0.4 is 20.1 Å². The largest absolute Gasteiger partial charge is 0.497 e. The lowest BCUT2D eigenvalue weighted by atomic mass is 10.0. The molecular weight excluding hydrogens is 422 g/mol. The van der Waals surface area contributed by atoms with E-state index in [2.05, 4.69) is 15.6 Å². The molecule has 1 aromatic heterocycles. The van der Waals surface area contributed by atoms with Gasteiger partial charge in [-0.2, -0.15) is 0 Å². The molecule has 1 fully saturated rings. The number of benzene rings is 2. The molecule has 2 aliphatic rings. The topological polar surface area (TPSA) is 90.9 Å². The lowest BCUT2D eigenvalue weighted by Crippen LogP contribution is -2.44. The van der Waals surface area contributed by atoms with Crippen molar-refractivity contribution < 1.29 is 23.7 Å². The minimum Gasteiger partial charge on any atom is -0.497 e. The number of fused-ring (bicyclic) bond motifs is 2. The van der Waals surface area contributed by atoms with Crippen molar-refractivity contribution in [1.82, 2.24) is 10.3 Å². The highest BCUT2D eigenvalue weighted by Crippen LogP contribution is 2.28. The third-order valence-electron chi connectivity index (χ3n) is 5.93. The molecule has 172 valence electrons. The molecule has 8 nitrogen and oxygen atoms in total. The van der Waals surface area contributed by atoms with Crippen LogP contribution in [-0.4, -0.2) is 50.2 Å². The van der Waals surface area contributed by atoms with Crippen LogP contribution in [0.4, 0.5) is 5.69 Å². The molecule has 2 N–H and O–H groups in total. The SMILES string of the molecule is COc1ccc2nccc(CCC3OCC(NCc4ccc5c(c4)NC(=O)CO5)CO3)c2c1. The van der Waals surface area contributed by atoms with Gasteiger partial charge in [-0.15, -0.1) is 0 Å². The second kappa shape index (κ2) is 9.74. The van der Waals surface area contributed by atoms with Crippen molar-refractivity contribution in [2.24, 2.45) is 0 Å². The van der Waals surface area contributed by atoms with E-state index in [1.165, 1.54) is 5.56 Å². The molecule has 0 aliphatic carbocycles. The Kier molecular flexibility index (Phi) is 6.39. The van der Waals surface area contributed by atoms with E-state index < -0.39 is 0 Å². The molecular formula is C25H27N3O5. The van der Waals surface area contributed by atoms with Gasteiger partial charge in [-0.1, -0.05) is 6.07 Å². The summed E-state index contributed by atoms with van der Waals surface area (Å²) < 4.78 is 22.7. The Hall–Kier alpha value is -3.20. The van der Waals surface area contributed by atoms with E-state index >= 15 is 0 Å². The number of aryl methyl sites for hydroxylation is 1. The van der Waals surface area contributed by atoms with Crippen LogP contribution >= 0.6 is 0 Å². The van der Waals surface area contributed by atoms with E-state index in [9.17, 15) is 4.79 Å². The predicted molar refractivity (Wildman–Crippen MR) is 124 cm³/mol. The van der Waals surface area contributed by atoms with Gasteiger partial charge in [-0.25, -0.2) is 0 Å². The maximum Gasteiger partial charge on any atom is 0.262 e. The quantitative estimate of drug-likeness (QED) is 0.573. The van der Waals surface area contributed by atoms with Crippen molar-refractivity contribution in [1.29, 1.82) is 0 Å². The normalized spacial score (nSPS) is 20.1. The van der Waals surface area contributed by atoms with Crippen LogP contribution in [0.2, 0.25) is 0 Å². The van der Waals surface area contributed by atoms with E-state index in [1.807, 2.05) is 48.7 Å². The number of rotatable bonds is 7. The van der Waals surface area contributed by atoms with Gasteiger partial charge in [0.2, 0.25) is 0 Å². The second-order valence-electron chi connectivity index (χ2n) is 8.23. The number of amides is 1. The summed E-state index contributed by atoms with van der Waals surface area (Å²) in [6, 6.07) is 13.9. The van der Waals surface area contributed by atoms with Crippen molar-refractivity contribution in [3.63, 3.8) is 0 Å². The molecule has 2 aromatic carbocycles. The molecule has 0 saturated carbocycles. The van der Waals surface area contributed by atoms with Crippen molar-refractivity contribution in [2.45, 2.75) is 31.7 Å². The number of hydrogen-bond acceptors (Lipinski definition) is 7. The summed E-state index contributed by atoms with van der Waals surface area (Å²) in [6.07, 6.45) is 3.21. The van der Waals surface area contributed by atoms with E-state index in [4.69, 9.17) is 18.9 Å². The average Bonchev–Trinajstić information content (AvgIpc) is 2.86. The van der Waals surface area contributed by atoms with Gasteiger partial charge in [0.25, 0.3) is 5.91 Å². The van der Waals surface area contributed by atoms with Crippen LogP contribution in [0.15, 0.2) is 48.7 Å². The summed E-state index contributed by atoms with van der Waals surface area (Å²) in [7, 11) is 1.67. The number of pyridine rings is 1. The Labute approximate surface area is 192 Å². The van der Waals surface area contributed by atoms with E-state index in [0.29, 0.717) is 31.2 Å². The molecule has 0 atom stereocenters. The third-order valence-corrected chi connectivity index (χ3v) is 5.93. The molecule has 0 unspecified atom stereocenters. The van der Waals surface area contributed by atoms with E-state index in [-0.39, 0.29) is 24.8 Å². The van der Waals surface area contributed by atoms with Crippen LogP contribution in [0.5, 0.6) is 11.5 Å². The van der Waals surface area contributed by atoms with Crippen molar-refractivity contribution in [2.75, 3.05) is 32.2 Å². The summed E-state index contributed by atoms with van der Waals surface area (Å²) in [4.78, 5) is 16.0. The minimum atomic E-state index is -0.229. The maximum atomic E-state index is 11.5. The number of anilines is 1. The zero-order chi connectivity index (χ0) is 22.6. The van der Waals surface area contributed by atoms with Crippen LogP contribution in [0, 0.1) is 0 Å². The smallest absolute Gasteiger partial charge is 0.262 e. The lowest BCUT2D eigenvalue weighted by molar-refractivity contribution is -0.192. The third kappa shape index (κ3) is 5.08. The monoisotopic (exact) mass is 449 g/mol. The van der Waals surface area contributed by atoms with Gasteiger partial charge in [-0.3, -0.25) is 9.78 Å². The highest BCUT2D eigenvalue weighted by Gasteiger charge is 2.22. The number of nitrogens with zero attached hydrogens (tertiary/aromatic N) is 1. The first-order chi connectivity index (χ1) is 16.2. The molecule has 33 heavy (non-hydrogen) atoms.